The highest BCUT2D eigenvalue weighted by molar-refractivity contribution is 6.31. The Morgan fingerprint density at radius 1 is 1.50 bits per heavy atom. The highest BCUT2D eigenvalue weighted by Gasteiger charge is 2.29. The number of likely N-dealkylation sites (tertiary alicyclic amines) is 1. The fourth-order valence-corrected chi connectivity index (χ4v) is 2.81. The maximum atomic E-state index is 12.6. The van der Waals surface area contributed by atoms with Crippen molar-refractivity contribution in [3.8, 4) is 0 Å². The Morgan fingerprint density at radius 2 is 2.20 bits per heavy atom. The van der Waals surface area contributed by atoms with Crippen molar-refractivity contribution in [2.45, 2.75) is 32.7 Å². The molecule has 1 aromatic carbocycles. The van der Waals surface area contributed by atoms with Crippen molar-refractivity contribution in [3.63, 3.8) is 0 Å². The number of nitrogens with two attached hydrogens (primary N) is 1. The molecule has 2 atom stereocenters. The number of nitrogens with zero attached hydrogens (tertiary/aromatic N) is 1. The SMILES string of the molecule is Cc1ccc(C(=O)N2CCC(C)CC2CN)cc1Cl.Cl. The van der Waals surface area contributed by atoms with Gasteiger partial charge in [-0.05, 0) is 43.4 Å². The minimum atomic E-state index is 0. The molecule has 1 aromatic rings. The van der Waals surface area contributed by atoms with E-state index in [9.17, 15) is 4.79 Å². The van der Waals surface area contributed by atoms with E-state index in [1.165, 1.54) is 0 Å². The highest BCUT2D eigenvalue weighted by atomic mass is 35.5. The van der Waals surface area contributed by atoms with Gasteiger partial charge in [-0.15, -0.1) is 12.4 Å². The average molecular weight is 317 g/mol. The summed E-state index contributed by atoms with van der Waals surface area (Å²) in [6.07, 6.45) is 2.03. The third kappa shape index (κ3) is 3.66. The molecule has 1 aliphatic heterocycles. The van der Waals surface area contributed by atoms with E-state index in [1.54, 1.807) is 6.07 Å². The smallest absolute Gasteiger partial charge is 0.254 e. The van der Waals surface area contributed by atoms with Gasteiger partial charge in [0.1, 0.15) is 0 Å². The van der Waals surface area contributed by atoms with Crippen molar-refractivity contribution < 1.29 is 4.79 Å². The molecule has 1 fully saturated rings. The van der Waals surface area contributed by atoms with Gasteiger partial charge in [-0.3, -0.25) is 4.79 Å². The predicted molar refractivity (Wildman–Crippen MR) is 85.7 cm³/mol. The van der Waals surface area contributed by atoms with Crippen LogP contribution >= 0.6 is 24.0 Å². The first-order valence-corrected chi connectivity index (χ1v) is 7.18. The number of aryl methyl sites for hydroxylation is 1. The van der Waals surface area contributed by atoms with Gasteiger partial charge in [-0.25, -0.2) is 0 Å². The molecule has 1 aliphatic rings. The summed E-state index contributed by atoms with van der Waals surface area (Å²) in [6.45, 7) is 5.46. The van der Waals surface area contributed by atoms with Gasteiger partial charge in [0.15, 0.2) is 0 Å². The largest absolute Gasteiger partial charge is 0.334 e. The van der Waals surface area contributed by atoms with E-state index in [0.29, 0.717) is 23.0 Å². The number of amides is 1. The first-order chi connectivity index (χ1) is 9.02. The number of piperidine rings is 1. The lowest BCUT2D eigenvalue weighted by Gasteiger charge is -2.38. The van der Waals surface area contributed by atoms with E-state index in [0.717, 1.165) is 24.9 Å². The molecular weight excluding hydrogens is 295 g/mol. The van der Waals surface area contributed by atoms with Crippen LogP contribution < -0.4 is 5.73 Å². The number of halogens is 2. The molecule has 1 amide bonds. The molecule has 0 radical (unpaired) electrons. The summed E-state index contributed by atoms with van der Waals surface area (Å²) >= 11 is 6.09. The van der Waals surface area contributed by atoms with Gasteiger partial charge in [-0.1, -0.05) is 24.6 Å². The lowest BCUT2D eigenvalue weighted by Crippen LogP contribution is -2.49. The van der Waals surface area contributed by atoms with Crippen LogP contribution in [0.2, 0.25) is 5.02 Å². The van der Waals surface area contributed by atoms with Gasteiger partial charge in [0, 0.05) is 29.7 Å². The van der Waals surface area contributed by atoms with E-state index in [1.807, 2.05) is 24.0 Å². The molecule has 1 saturated heterocycles. The van der Waals surface area contributed by atoms with E-state index in [-0.39, 0.29) is 24.4 Å². The maximum absolute atomic E-state index is 12.6. The second kappa shape index (κ2) is 7.30. The highest BCUT2D eigenvalue weighted by Crippen LogP contribution is 2.25. The number of hydrogen-bond acceptors (Lipinski definition) is 2. The van der Waals surface area contributed by atoms with Gasteiger partial charge >= 0.3 is 0 Å². The lowest BCUT2D eigenvalue weighted by atomic mass is 9.92. The van der Waals surface area contributed by atoms with Gasteiger partial charge in [0.2, 0.25) is 0 Å². The van der Waals surface area contributed by atoms with Crippen LogP contribution in [0, 0.1) is 12.8 Å². The van der Waals surface area contributed by atoms with Crippen molar-refractivity contribution >= 4 is 29.9 Å². The van der Waals surface area contributed by atoms with E-state index < -0.39 is 0 Å². The van der Waals surface area contributed by atoms with Crippen molar-refractivity contribution in [3.05, 3.63) is 34.3 Å². The van der Waals surface area contributed by atoms with Gasteiger partial charge in [0.05, 0.1) is 0 Å². The quantitative estimate of drug-likeness (QED) is 0.910. The molecule has 112 valence electrons. The molecule has 0 spiro atoms. The number of carbonyl (C=O) groups is 1. The molecule has 2 rings (SSSR count). The zero-order valence-electron chi connectivity index (χ0n) is 11.9. The predicted octanol–water partition coefficient (Wildman–Crippen LogP) is 3.27. The van der Waals surface area contributed by atoms with Gasteiger partial charge in [0.25, 0.3) is 5.91 Å². The minimum absolute atomic E-state index is 0. The van der Waals surface area contributed by atoms with Crippen LogP contribution in [-0.2, 0) is 0 Å². The van der Waals surface area contributed by atoms with Crippen LogP contribution in [0.25, 0.3) is 0 Å². The molecular formula is C15H22Cl2N2O. The lowest BCUT2D eigenvalue weighted by molar-refractivity contribution is 0.0573. The standard InChI is InChI=1S/C15H21ClN2O.ClH/c1-10-5-6-18(13(7-10)9-17)15(19)12-4-3-11(2)14(16)8-12;/h3-4,8,10,13H,5-7,9,17H2,1-2H3;1H. The molecule has 3 nitrogen and oxygen atoms in total. The van der Waals surface area contributed by atoms with Crippen molar-refractivity contribution in [2.24, 2.45) is 11.7 Å². The normalized spacial score (nSPS) is 22.3. The van der Waals surface area contributed by atoms with Crippen LogP contribution in [-0.4, -0.2) is 29.9 Å². The maximum Gasteiger partial charge on any atom is 0.254 e. The number of carbonyl (C=O) groups excluding carboxylic acids is 1. The van der Waals surface area contributed by atoms with Gasteiger partial charge in [-0.2, -0.15) is 0 Å². The molecule has 1 heterocycles. The Hall–Kier alpha value is -0.770. The summed E-state index contributed by atoms with van der Waals surface area (Å²) in [5.74, 6) is 0.684. The molecule has 0 saturated carbocycles. The first-order valence-electron chi connectivity index (χ1n) is 6.80. The fourth-order valence-electron chi connectivity index (χ4n) is 2.63. The summed E-state index contributed by atoms with van der Waals surface area (Å²) in [6, 6.07) is 5.64. The van der Waals surface area contributed by atoms with Crippen LogP contribution in [0.4, 0.5) is 0 Å². The molecule has 0 bridgehead atoms. The van der Waals surface area contributed by atoms with Crippen molar-refractivity contribution in [2.75, 3.05) is 13.1 Å². The topological polar surface area (TPSA) is 46.3 Å². The fraction of sp³-hybridized carbons (Fsp3) is 0.533. The summed E-state index contributed by atoms with van der Waals surface area (Å²) in [4.78, 5) is 14.5. The second-order valence-electron chi connectivity index (χ2n) is 5.48. The van der Waals surface area contributed by atoms with Crippen LogP contribution in [0.3, 0.4) is 0 Å². The monoisotopic (exact) mass is 316 g/mol. The third-order valence-corrected chi connectivity index (χ3v) is 4.34. The first kappa shape index (κ1) is 17.3. The zero-order chi connectivity index (χ0) is 14.0. The Bertz CT molecular complexity index is 479. The number of benzene rings is 1. The summed E-state index contributed by atoms with van der Waals surface area (Å²) in [7, 11) is 0. The minimum Gasteiger partial charge on any atom is -0.334 e. The Morgan fingerprint density at radius 3 is 2.80 bits per heavy atom. The van der Waals surface area contributed by atoms with E-state index >= 15 is 0 Å². The second-order valence-corrected chi connectivity index (χ2v) is 5.89. The van der Waals surface area contributed by atoms with Crippen LogP contribution in [0.5, 0.6) is 0 Å². The molecule has 0 aromatic heterocycles. The van der Waals surface area contributed by atoms with Gasteiger partial charge < -0.3 is 10.6 Å². The summed E-state index contributed by atoms with van der Waals surface area (Å²) < 4.78 is 0. The molecule has 2 unspecified atom stereocenters. The molecule has 5 heteroatoms. The zero-order valence-corrected chi connectivity index (χ0v) is 13.5. The summed E-state index contributed by atoms with van der Waals surface area (Å²) in [5, 5.41) is 0.639. The van der Waals surface area contributed by atoms with E-state index in [4.69, 9.17) is 17.3 Å². The summed E-state index contributed by atoms with van der Waals surface area (Å²) in [5.41, 5.74) is 7.45. The Labute approximate surface area is 131 Å². The van der Waals surface area contributed by atoms with Crippen molar-refractivity contribution in [1.82, 2.24) is 4.90 Å². The van der Waals surface area contributed by atoms with E-state index in [2.05, 4.69) is 6.92 Å². The Kier molecular flexibility index (Phi) is 6.31. The van der Waals surface area contributed by atoms with Crippen molar-refractivity contribution in [1.29, 1.82) is 0 Å². The average Bonchev–Trinajstić information content (AvgIpc) is 2.41. The molecule has 0 aliphatic carbocycles. The number of rotatable bonds is 2. The van der Waals surface area contributed by atoms with Crippen LogP contribution in [0.1, 0.15) is 35.7 Å². The number of hydrogen-bond donors (Lipinski definition) is 1. The molecule has 20 heavy (non-hydrogen) atoms. The Balaban J connectivity index is 0.00000200. The van der Waals surface area contributed by atoms with Crippen LogP contribution in [0.15, 0.2) is 18.2 Å². The molecule has 2 N–H and O–H groups in total. The third-order valence-electron chi connectivity index (χ3n) is 3.93.